The summed E-state index contributed by atoms with van der Waals surface area (Å²) in [5.41, 5.74) is 0.0938. The number of benzene rings is 1. The third-order valence-electron chi connectivity index (χ3n) is 3.42. The highest BCUT2D eigenvalue weighted by Gasteiger charge is 2.15. The molecule has 0 aliphatic carbocycles. The van der Waals surface area contributed by atoms with Crippen molar-refractivity contribution in [2.24, 2.45) is 0 Å². The van der Waals surface area contributed by atoms with Crippen molar-refractivity contribution in [3.63, 3.8) is 0 Å². The van der Waals surface area contributed by atoms with E-state index in [1.54, 1.807) is 6.92 Å². The minimum atomic E-state index is -0.753. The lowest BCUT2D eigenvalue weighted by atomic mass is 10.2. The molecular formula is C17H18F2N2O4. The molecule has 0 saturated heterocycles. The zero-order chi connectivity index (χ0) is 18.4. The van der Waals surface area contributed by atoms with Gasteiger partial charge in [0.05, 0.1) is 25.3 Å². The van der Waals surface area contributed by atoms with E-state index in [2.05, 4.69) is 15.0 Å². The molecule has 2 aromatic rings. The molecule has 0 spiro atoms. The van der Waals surface area contributed by atoms with Crippen molar-refractivity contribution in [3.8, 4) is 11.3 Å². The quantitative estimate of drug-likeness (QED) is 0.775. The summed E-state index contributed by atoms with van der Waals surface area (Å²) in [7, 11) is 1.28. The van der Waals surface area contributed by atoms with Crippen molar-refractivity contribution in [2.45, 2.75) is 32.2 Å². The Morgan fingerprint density at radius 2 is 2.12 bits per heavy atom. The van der Waals surface area contributed by atoms with Crippen LogP contribution in [-0.2, 0) is 20.7 Å². The summed E-state index contributed by atoms with van der Waals surface area (Å²) >= 11 is 0. The summed E-state index contributed by atoms with van der Waals surface area (Å²) in [5.74, 6) is -1.70. The molecule has 1 aromatic heterocycles. The molecule has 6 nitrogen and oxygen atoms in total. The second kappa shape index (κ2) is 8.36. The first-order valence-corrected chi connectivity index (χ1v) is 7.65. The molecule has 0 bridgehead atoms. The Hall–Kier alpha value is -2.77. The van der Waals surface area contributed by atoms with Crippen LogP contribution in [0.4, 0.5) is 8.78 Å². The Balaban J connectivity index is 1.89. The maximum absolute atomic E-state index is 13.7. The molecule has 0 aliphatic heterocycles. The molecule has 1 amide bonds. The van der Waals surface area contributed by atoms with E-state index in [0.29, 0.717) is 0 Å². The number of ether oxygens (including phenoxy) is 1. The van der Waals surface area contributed by atoms with Crippen LogP contribution in [0.5, 0.6) is 0 Å². The van der Waals surface area contributed by atoms with Gasteiger partial charge in [0, 0.05) is 24.9 Å². The van der Waals surface area contributed by atoms with Crippen molar-refractivity contribution in [2.75, 3.05) is 7.11 Å². The van der Waals surface area contributed by atoms with Gasteiger partial charge >= 0.3 is 5.97 Å². The lowest BCUT2D eigenvalue weighted by Gasteiger charge is -2.11. The van der Waals surface area contributed by atoms with Gasteiger partial charge in [-0.05, 0) is 19.1 Å². The number of aryl methyl sites for hydroxylation is 1. The number of carbonyl (C=O) groups excluding carboxylic acids is 2. The predicted molar refractivity (Wildman–Crippen MR) is 84.4 cm³/mol. The van der Waals surface area contributed by atoms with Crippen LogP contribution in [0.2, 0.25) is 0 Å². The monoisotopic (exact) mass is 352 g/mol. The Morgan fingerprint density at radius 1 is 1.36 bits per heavy atom. The molecule has 1 N–H and O–H groups in total. The summed E-state index contributed by atoms with van der Waals surface area (Å²) in [4.78, 5) is 26.9. The largest absolute Gasteiger partial charge is 0.469 e. The first-order chi connectivity index (χ1) is 11.9. The fourth-order valence-corrected chi connectivity index (χ4v) is 2.19. The number of methoxy groups -OCH3 is 1. The van der Waals surface area contributed by atoms with Gasteiger partial charge in [-0.2, -0.15) is 0 Å². The van der Waals surface area contributed by atoms with Crippen LogP contribution in [0, 0.1) is 11.6 Å². The maximum atomic E-state index is 13.7. The average molecular weight is 352 g/mol. The van der Waals surface area contributed by atoms with Crippen molar-refractivity contribution >= 4 is 11.9 Å². The minimum Gasteiger partial charge on any atom is -0.469 e. The van der Waals surface area contributed by atoms with Gasteiger partial charge in [-0.25, -0.2) is 13.8 Å². The van der Waals surface area contributed by atoms with Crippen LogP contribution < -0.4 is 5.32 Å². The van der Waals surface area contributed by atoms with E-state index in [1.165, 1.54) is 19.4 Å². The summed E-state index contributed by atoms with van der Waals surface area (Å²) in [6.07, 6.45) is 1.70. The SMILES string of the molecule is COC(=O)CC(C)NC(=O)CCc1ncc(-c2ccc(F)cc2F)o1. The molecule has 1 heterocycles. The number of oxazole rings is 1. The number of halogens is 2. The zero-order valence-corrected chi connectivity index (χ0v) is 13.8. The van der Waals surface area contributed by atoms with E-state index in [9.17, 15) is 18.4 Å². The predicted octanol–water partition coefficient (Wildman–Crippen LogP) is 2.62. The van der Waals surface area contributed by atoms with E-state index >= 15 is 0 Å². The highest BCUT2D eigenvalue weighted by molar-refractivity contribution is 5.77. The first kappa shape index (κ1) is 18.6. The summed E-state index contributed by atoms with van der Waals surface area (Å²) in [5, 5.41) is 2.66. The van der Waals surface area contributed by atoms with Crippen molar-refractivity contribution in [3.05, 3.63) is 41.9 Å². The van der Waals surface area contributed by atoms with Gasteiger partial charge in [0.25, 0.3) is 0 Å². The molecule has 1 aromatic carbocycles. The third kappa shape index (κ3) is 5.37. The molecule has 0 saturated carbocycles. The Morgan fingerprint density at radius 3 is 2.80 bits per heavy atom. The van der Waals surface area contributed by atoms with E-state index in [0.717, 1.165) is 12.1 Å². The van der Waals surface area contributed by atoms with Crippen LogP contribution in [0.3, 0.4) is 0 Å². The molecule has 0 aliphatic rings. The van der Waals surface area contributed by atoms with Gasteiger partial charge in [-0.15, -0.1) is 0 Å². The normalized spacial score (nSPS) is 11.8. The molecule has 25 heavy (non-hydrogen) atoms. The van der Waals surface area contributed by atoms with E-state index in [1.807, 2.05) is 0 Å². The van der Waals surface area contributed by atoms with E-state index < -0.39 is 17.6 Å². The number of nitrogens with zero attached hydrogens (tertiary/aromatic N) is 1. The number of hydrogen-bond acceptors (Lipinski definition) is 5. The molecule has 0 fully saturated rings. The fourth-order valence-electron chi connectivity index (χ4n) is 2.19. The standard InChI is InChI=1S/C17H18F2N2O4/c1-10(7-17(23)24-2)21-15(22)5-6-16-20-9-14(25-16)12-4-3-11(18)8-13(12)19/h3-4,8-10H,5-7H2,1-2H3,(H,21,22). The second-order valence-electron chi connectivity index (χ2n) is 5.49. The number of esters is 1. The van der Waals surface area contributed by atoms with Crippen LogP contribution >= 0.6 is 0 Å². The number of nitrogens with one attached hydrogen (secondary N) is 1. The van der Waals surface area contributed by atoms with Crippen molar-refractivity contribution in [1.29, 1.82) is 0 Å². The van der Waals surface area contributed by atoms with E-state index in [4.69, 9.17) is 4.42 Å². The van der Waals surface area contributed by atoms with Gasteiger partial charge in [-0.1, -0.05) is 0 Å². The van der Waals surface area contributed by atoms with E-state index in [-0.39, 0.29) is 48.4 Å². The molecular weight excluding hydrogens is 334 g/mol. The van der Waals surface area contributed by atoms with Gasteiger partial charge in [0.15, 0.2) is 11.7 Å². The molecule has 1 unspecified atom stereocenters. The topological polar surface area (TPSA) is 81.4 Å². The Kier molecular flexibility index (Phi) is 6.21. The van der Waals surface area contributed by atoms with Gasteiger partial charge in [0.2, 0.25) is 5.91 Å². The number of hydrogen-bond donors (Lipinski definition) is 1. The summed E-state index contributed by atoms with van der Waals surface area (Å²) in [6, 6.07) is 2.79. The second-order valence-corrected chi connectivity index (χ2v) is 5.49. The number of carbonyl (C=O) groups is 2. The van der Waals surface area contributed by atoms with Crippen LogP contribution in [-0.4, -0.2) is 30.0 Å². The maximum Gasteiger partial charge on any atom is 0.307 e. The highest BCUT2D eigenvalue weighted by atomic mass is 19.1. The fraction of sp³-hybridized carbons (Fsp3) is 0.353. The molecule has 8 heteroatoms. The minimum absolute atomic E-state index is 0.0786. The number of amides is 1. The van der Waals surface area contributed by atoms with Crippen LogP contribution in [0.1, 0.15) is 25.7 Å². The molecule has 1 atom stereocenters. The number of rotatable bonds is 7. The number of aromatic nitrogens is 1. The highest BCUT2D eigenvalue weighted by Crippen LogP contribution is 2.24. The van der Waals surface area contributed by atoms with Gasteiger partial charge in [0.1, 0.15) is 11.6 Å². The average Bonchev–Trinajstić information content (AvgIpc) is 3.01. The van der Waals surface area contributed by atoms with Gasteiger partial charge < -0.3 is 14.5 Å². The Labute approximate surface area is 143 Å². The molecule has 134 valence electrons. The van der Waals surface area contributed by atoms with Gasteiger partial charge in [-0.3, -0.25) is 9.59 Å². The molecule has 2 rings (SSSR count). The lowest BCUT2D eigenvalue weighted by Crippen LogP contribution is -2.34. The third-order valence-corrected chi connectivity index (χ3v) is 3.42. The van der Waals surface area contributed by atoms with Crippen LogP contribution in [0.15, 0.2) is 28.8 Å². The zero-order valence-electron chi connectivity index (χ0n) is 13.8. The van der Waals surface area contributed by atoms with Crippen molar-refractivity contribution < 1.29 is 27.5 Å². The molecule has 0 radical (unpaired) electrons. The van der Waals surface area contributed by atoms with Crippen LogP contribution in [0.25, 0.3) is 11.3 Å². The Bertz CT molecular complexity index is 761. The smallest absolute Gasteiger partial charge is 0.307 e. The first-order valence-electron chi connectivity index (χ1n) is 7.65. The summed E-state index contributed by atoms with van der Waals surface area (Å²) in [6.45, 7) is 1.69. The summed E-state index contributed by atoms with van der Waals surface area (Å²) < 4.78 is 36.6. The van der Waals surface area contributed by atoms with Crippen molar-refractivity contribution in [1.82, 2.24) is 10.3 Å². The lowest BCUT2D eigenvalue weighted by molar-refractivity contribution is -0.141.